The van der Waals surface area contributed by atoms with Crippen LogP contribution in [0.1, 0.15) is 5.82 Å². The van der Waals surface area contributed by atoms with Gasteiger partial charge in [0.2, 0.25) is 0 Å². The molecular formula is C7H2Cl2F3N3. The van der Waals surface area contributed by atoms with Crippen molar-refractivity contribution in [2.75, 3.05) is 0 Å². The molecule has 8 heteroatoms. The van der Waals surface area contributed by atoms with E-state index in [1.54, 1.807) is 0 Å². The second-order valence-corrected chi connectivity index (χ2v) is 3.52. The maximum atomic E-state index is 12.2. The third-order valence-electron chi connectivity index (χ3n) is 1.61. The van der Waals surface area contributed by atoms with Crippen molar-refractivity contribution in [3.05, 3.63) is 28.1 Å². The summed E-state index contributed by atoms with van der Waals surface area (Å²) in [6.45, 7) is 0. The molecule has 15 heavy (non-hydrogen) atoms. The van der Waals surface area contributed by atoms with Crippen LogP contribution in [0.3, 0.4) is 0 Å². The zero-order valence-electron chi connectivity index (χ0n) is 6.89. The summed E-state index contributed by atoms with van der Waals surface area (Å²) in [7, 11) is 0. The van der Waals surface area contributed by atoms with Crippen molar-refractivity contribution in [3.63, 3.8) is 0 Å². The van der Waals surface area contributed by atoms with Gasteiger partial charge in [0, 0.05) is 11.1 Å². The van der Waals surface area contributed by atoms with Crippen molar-refractivity contribution in [1.82, 2.24) is 14.6 Å². The predicted octanol–water partition coefficient (Wildman–Crippen LogP) is 3.05. The molecule has 0 aliphatic heterocycles. The molecular weight excluding hydrogens is 254 g/mol. The van der Waals surface area contributed by atoms with Crippen molar-refractivity contribution in [2.45, 2.75) is 6.18 Å². The number of hydrogen-bond acceptors (Lipinski definition) is 2. The van der Waals surface area contributed by atoms with E-state index in [1.165, 1.54) is 12.1 Å². The molecule has 2 rings (SSSR count). The molecule has 0 aliphatic rings. The second-order valence-electron chi connectivity index (χ2n) is 2.70. The minimum Gasteiger partial charge on any atom is -0.203 e. The Hall–Kier alpha value is -1.01. The van der Waals surface area contributed by atoms with Crippen molar-refractivity contribution < 1.29 is 13.2 Å². The summed E-state index contributed by atoms with van der Waals surface area (Å²) in [5.74, 6) is -1.24. The summed E-state index contributed by atoms with van der Waals surface area (Å²) in [5, 5.41) is 3.39. The number of pyridine rings is 1. The first-order valence-corrected chi connectivity index (χ1v) is 4.42. The largest absolute Gasteiger partial charge is 0.453 e. The number of aromatic nitrogens is 3. The Morgan fingerprint density at radius 1 is 1.20 bits per heavy atom. The average Bonchev–Trinajstić information content (AvgIpc) is 2.46. The van der Waals surface area contributed by atoms with Gasteiger partial charge in [0.25, 0.3) is 5.82 Å². The van der Waals surface area contributed by atoms with Gasteiger partial charge in [0.1, 0.15) is 5.15 Å². The summed E-state index contributed by atoms with van der Waals surface area (Å²) < 4.78 is 37.6. The minimum absolute atomic E-state index is 0.0273. The Kier molecular flexibility index (Phi) is 2.27. The van der Waals surface area contributed by atoms with Crippen molar-refractivity contribution in [1.29, 1.82) is 0 Å². The quantitative estimate of drug-likeness (QED) is 0.678. The molecule has 0 saturated heterocycles. The lowest BCUT2D eigenvalue weighted by molar-refractivity contribution is -0.144. The number of hydrogen-bond donors (Lipinski definition) is 0. The van der Waals surface area contributed by atoms with E-state index in [1.807, 2.05) is 0 Å². The van der Waals surface area contributed by atoms with Crippen molar-refractivity contribution >= 4 is 28.8 Å². The van der Waals surface area contributed by atoms with Crippen LogP contribution in [0, 0.1) is 0 Å². The molecule has 0 N–H and O–H groups in total. The highest BCUT2D eigenvalue weighted by atomic mass is 35.5. The number of halogens is 5. The van der Waals surface area contributed by atoms with Gasteiger partial charge in [0.15, 0.2) is 5.65 Å². The molecule has 0 aliphatic carbocycles. The Morgan fingerprint density at radius 2 is 1.87 bits per heavy atom. The summed E-state index contributed by atoms with van der Waals surface area (Å²) in [6, 6.07) is 2.53. The molecule has 3 nitrogen and oxygen atoms in total. The molecule has 0 saturated carbocycles. The van der Waals surface area contributed by atoms with Crippen LogP contribution in [-0.2, 0) is 6.18 Å². The van der Waals surface area contributed by atoms with Gasteiger partial charge in [-0.3, -0.25) is 0 Å². The standard InChI is InChI=1S/C7H2Cl2F3N3/c8-3-1-4(9)15-5(2-3)13-6(14-15)7(10,11)12/h1-2H. The van der Waals surface area contributed by atoms with E-state index in [9.17, 15) is 13.2 Å². The van der Waals surface area contributed by atoms with E-state index >= 15 is 0 Å². The van der Waals surface area contributed by atoms with Crippen LogP contribution in [0.25, 0.3) is 5.65 Å². The van der Waals surface area contributed by atoms with E-state index < -0.39 is 12.0 Å². The molecule has 0 amide bonds. The molecule has 0 atom stereocenters. The van der Waals surface area contributed by atoms with E-state index in [2.05, 4.69) is 10.1 Å². The fourth-order valence-electron chi connectivity index (χ4n) is 1.03. The lowest BCUT2D eigenvalue weighted by Gasteiger charge is -1.97. The first-order chi connectivity index (χ1) is 6.88. The van der Waals surface area contributed by atoms with Crippen LogP contribution in [-0.4, -0.2) is 14.6 Å². The highest BCUT2D eigenvalue weighted by Crippen LogP contribution is 2.28. The lowest BCUT2D eigenvalue weighted by atomic mass is 10.5. The lowest BCUT2D eigenvalue weighted by Crippen LogP contribution is -2.07. The smallest absolute Gasteiger partial charge is 0.203 e. The average molecular weight is 256 g/mol. The van der Waals surface area contributed by atoms with E-state index in [0.29, 0.717) is 0 Å². The first-order valence-electron chi connectivity index (χ1n) is 3.67. The van der Waals surface area contributed by atoms with Gasteiger partial charge >= 0.3 is 6.18 Å². The van der Waals surface area contributed by atoms with Gasteiger partial charge in [-0.05, 0) is 6.07 Å². The third kappa shape index (κ3) is 1.87. The molecule has 0 fully saturated rings. The molecule has 0 radical (unpaired) electrons. The SMILES string of the molecule is FC(F)(F)c1nc2cc(Cl)cc(Cl)n2n1. The second kappa shape index (κ2) is 3.24. The monoisotopic (exact) mass is 255 g/mol. The zero-order valence-corrected chi connectivity index (χ0v) is 8.40. The molecule has 80 valence electrons. The summed E-state index contributed by atoms with van der Waals surface area (Å²) >= 11 is 11.2. The Morgan fingerprint density at radius 3 is 2.47 bits per heavy atom. The van der Waals surface area contributed by atoms with Crippen LogP contribution in [0.5, 0.6) is 0 Å². The topological polar surface area (TPSA) is 30.2 Å². The summed E-state index contributed by atoms with van der Waals surface area (Å²) in [4.78, 5) is 3.26. The Bertz CT molecular complexity index is 520. The first kappa shape index (κ1) is 10.5. The van der Waals surface area contributed by atoms with Gasteiger partial charge in [-0.1, -0.05) is 23.2 Å². The summed E-state index contributed by atoms with van der Waals surface area (Å²) in [5.41, 5.74) is -0.0418. The molecule has 0 bridgehead atoms. The zero-order chi connectivity index (χ0) is 11.2. The maximum Gasteiger partial charge on any atom is 0.453 e. The molecule has 0 aromatic carbocycles. The number of fused-ring (bicyclic) bond motifs is 1. The summed E-state index contributed by atoms with van der Waals surface area (Å²) in [6.07, 6.45) is -4.60. The highest BCUT2D eigenvalue weighted by Gasteiger charge is 2.36. The Labute approximate surface area is 91.4 Å². The molecule has 0 spiro atoms. The third-order valence-corrected chi connectivity index (χ3v) is 2.10. The van der Waals surface area contributed by atoms with Gasteiger partial charge in [-0.15, -0.1) is 5.10 Å². The van der Waals surface area contributed by atoms with Crippen LogP contribution < -0.4 is 0 Å². The highest BCUT2D eigenvalue weighted by molar-refractivity contribution is 6.34. The molecule has 0 unspecified atom stereocenters. The van der Waals surface area contributed by atoms with Crippen molar-refractivity contribution in [3.8, 4) is 0 Å². The number of alkyl halides is 3. The predicted molar refractivity (Wildman–Crippen MR) is 48.0 cm³/mol. The minimum atomic E-state index is -4.60. The van der Waals surface area contributed by atoms with E-state index in [-0.39, 0.29) is 15.8 Å². The number of nitrogens with zero attached hydrogens (tertiary/aromatic N) is 3. The van der Waals surface area contributed by atoms with Crippen LogP contribution in [0.4, 0.5) is 13.2 Å². The number of rotatable bonds is 0. The Balaban J connectivity index is 2.71. The van der Waals surface area contributed by atoms with E-state index in [4.69, 9.17) is 23.2 Å². The fourth-order valence-corrected chi connectivity index (χ4v) is 1.53. The van der Waals surface area contributed by atoms with Gasteiger partial charge in [-0.25, -0.2) is 9.50 Å². The van der Waals surface area contributed by atoms with Gasteiger partial charge in [0.05, 0.1) is 0 Å². The molecule has 2 aromatic heterocycles. The fraction of sp³-hybridized carbons (Fsp3) is 0.143. The molecule has 2 aromatic rings. The van der Waals surface area contributed by atoms with E-state index in [0.717, 1.165) is 4.52 Å². The van der Waals surface area contributed by atoms with Crippen LogP contribution in [0.15, 0.2) is 12.1 Å². The van der Waals surface area contributed by atoms with Crippen molar-refractivity contribution in [2.24, 2.45) is 0 Å². The molecule has 2 heterocycles. The van der Waals surface area contributed by atoms with Crippen LogP contribution in [0.2, 0.25) is 10.2 Å². The van der Waals surface area contributed by atoms with Crippen LogP contribution >= 0.6 is 23.2 Å². The van der Waals surface area contributed by atoms with Gasteiger partial charge < -0.3 is 0 Å². The maximum absolute atomic E-state index is 12.2. The van der Waals surface area contributed by atoms with Gasteiger partial charge in [-0.2, -0.15) is 13.2 Å². The normalized spacial score (nSPS) is 12.3.